The van der Waals surface area contributed by atoms with Gasteiger partial charge >= 0.3 is 12.1 Å². The summed E-state index contributed by atoms with van der Waals surface area (Å²) >= 11 is 5.84. The summed E-state index contributed by atoms with van der Waals surface area (Å²) < 4.78 is 75.7. The molecule has 1 heterocycles. The Hall–Kier alpha value is -3.60. The van der Waals surface area contributed by atoms with Gasteiger partial charge in [0.2, 0.25) is 0 Å². The van der Waals surface area contributed by atoms with E-state index in [2.05, 4.69) is 5.32 Å². The lowest BCUT2D eigenvalue weighted by molar-refractivity contribution is -0.139. The van der Waals surface area contributed by atoms with Crippen LogP contribution in [0, 0.1) is 17.6 Å². The number of hydrogen-bond donors (Lipinski definition) is 2. The predicted molar refractivity (Wildman–Crippen MR) is 138 cm³/mol. The van der Waals surface area contributed by atoms with Gasteiger partial charge in [0.15, 0.2) is 0 Å². The number of amides is 1. The number of carboxylic acid groups (broad SMARTS) is 1. The SMILES string of the molecule is CCC(C)n1c(CCOc2cc(F)cc(F)c2Cl)ccc1C(=O)Nc1cc([C@H]2C[C@H]2C(=O)O)ccc1C(F)(F)F. The molecule has 1 aromatic heterocycles. The molecule has 1 amide bonds. The number of anilines is 1. The average Bonchev–Trinajstić information content (AvgIpc) is 3.58. The van der Waals surface area contributed by atoms with Gasteiger partial charge in [-0.2, -0.15) is 13.2 Å². The molecule has 1 unspecified atom stereocenters. The zero-order chi connectivity index (χ0) is 29.4. The molecule has 4 rings (SSSR count). The molecule has 3 atom stereocenters. The molecule has 12 heteroatoms. The number of carbonyl (C=O) groups is 2. The molecule has 1 aliphatic carbocycles. The Morgan fingerprint density at radius 2 is 1.90 bits per heavy atom. The molecule has 1 saturated carbocycles. The van der Waals surface area contributed by atoms with Crippen LogP contribution in [0.1, 0.15) is 66.0 Å². The third-order valence-corrected chi connectivity index (χ3v) is 7.34. The van der Waals surface area contributed by atoms with Crippen LogP contribution in [0.15, 0.2) is 42.5 Å². The molecule has 0 bridgehead atoms. The van der Waals surface area contributed by atoms with Crippen LogP contribution in [-0.2, 0) is 17.4 Å². The Kier molecular flexibility index (Phi) is 8.44. The first-order chi connectivity index (χ1) is 18.8. The Balaban J connectivity index is 1.58. The zero-order valence-electron chi connectivity index (χ0n) is 21.5. The second-order valence-electron chi connectivity index (χ2n) is 9.68. The van der Waals surface area contributed by atoms with Crippen LogP contribution in [0.4, 0.5) is 27.6 Å². The van der Waals surface area contributed by atoms with Crippen LogP contribution < -0.4 is 10.1 Å². The summed E-state index contributed by atoms with van der Waals surface area (Å²) in [6, 6.07) is 7.72. The van der Waals surface area contributed by atoms with Crippen molar-refractivity contribution in [3.63, 3.8) is 0 Å². The molecule has 214 valence electrons. The summed E-state index contributed by atoms with van der Waals surface area (Å²) in [6.07, 6.45) is -3.65. The molecule has 0 radical (unpaired) electrons. The minimum Gasteiger partial charge on any atom is -0.491 e. The number of hydrogen-bond acceptors (Lipinski definition) is 3. The lowest BCUT2D eigenvalue weighted by atomic mass is 10.0. The predicted octanol–water partition coefficient (Wildman–Crippen LogP) is 7.47. The highest BCUT2D eigenvalue weighted by Crippen LogP contribution is 2.49. The van der Waals surface area contributed by atoms with Gasteiger partial charge in [0.05, 0.1) is 23.8 Å². The quantitative estimate of drug-likeness (QED) is 0.191. The van der Waals surface area contributed by atoms with Crippen LogP contribution in [0.3, 0.4) is 0 Å². The molecule has 2 aromatic carbocycles. The summed E-state index contributed by atoms with van der Waals surface area (Å²) in [5.41, 5.74) is -0.396. The fourth-order valence-electron chi connectivity index (χ4n) is 4.65. The average molecular weight is 585 g/mol. The number of ether oxygens (including phenoxy) is 1. The highest BCUT2D eigenvalue weighted by Gasteiger charge is 2.45. The molecule has 2 N–H and O–H groups in total. The van der Waals surface area contributed by atoms with Gasteiger partial charge in [-0.25, -0.2) is 8.78 Å². The molecular weight excluding hydrogens is 559 g/mol. The van der Waals surface area contributed by atoms with Gasteiger partial charge in [-0.1, -0.05) is 24.6 Å². The molecule has 0 saturated heterocycles. The summed E-state index contributed by atoms with van der Waals surface area (Å²) in [7, 11) is 0. The van der Waals surface area contributed by atoms with Crippen molar-refractivity contribution in [2.45, 2.75) is 51.2 Å². The molecule has 40 heavy (non-hydrogen) atoms. The van der Waals surface area contributed by atoms with Crippen LogP contribution in [0.25, 0.3) is 0 Å². The lowest BCUT2D eigenvalue weighted by Crippen LogP contribution is -2.22. The van der Waals surface area contributed by atoms with E-state index in [0.717, 1.165) is 12.1 Å². The van der Waals surface area contributed by atoms with Crippen molar-refractivity contribution in [2.24, 2.45) is 5.92 Å². The van der Waals surface area contributed by atoms with E-state index in [9.17, 15) is 36.6 Å². The molecule has 1 aliphatic rings. The lowest BCUT2D eigenvalue weighted by Gasteiger charge is -2.21. The second kappa shape index (κ2) is 11.5. The largest absolute Gasteiger partial charge is 0.491 e. The van der Waals surface area contributed by atoms with E-state index in [-0.39, 0.29) is 35.5 Å². The van der Waals surface area contributed by atoms with Gasteiger partial charge in [0, 0.05) is 30.3 Å². The monoisotopic (exact) mass is 584 g/mol. The fourth-order valence-corrected chi connectivity index (χ4v) is 4.81. The number of alkyl halides is 3. The summed E-state index contributed by atoms with van der Waals surface area (Å²) in [5.74, 6) is -4.92. The van der Waals surface area contributed by atoms with Crippen molar-refractivity contribution in [3.05, 3.63) is 81.6 Å². The van der Waals surface area contributed by atoms with Crippen molar-refractivity contribution in [2.75, 3.05) is 11.9 Å². The van der Waals surface area contributed by atoms with E-state index in [4.69, 9.17) is 16.3 Å². The maximum Gasteiger partial charge on any atom is 0.418 e. The minimum absolute atomic E-state index is 0.0451. The van der Waals surface area contributed by atoms with Gasteiger partial charge < -0.3 is 19.7 Å². The van der Waals surface area contributed by atoms with Crippen molar-refractivity contribution in [1.29, 1.82) is 0 Å². The van der Waals surface area contributed by atoms with Gasteiger partial charge in [0.1, 0.15) is 28.1 Å². The van der Waals surface area contributed by atoms with Crippen LogP contribution in [0.2, 0.25) is 5.02 Å². The molecule has 0 spiro atoms. The number of nitrogens with one attached hydrogen (secondary N) is 1. The third kappa shape index (κ3) is 6.24. The maximum atomic E-state index is 13.8. The number of aliphatic carboxylic acids is 1. The first-order valence-corrected chi connectivity index (χ1v) is 12.9. The van der Waals surface area contributed by atoms with Crippen molar-refractivity contribution in [1.82, 2.24) is 4.57 Å². The number of halogens is 6. The first-order valence-electron chi connectivity index (χ1n) is 12.5. The first kappa shape index (κ1) is 29.4. The summed E-state index contributed by atoms with van der Waals surface area (Å²) in [4.78, 5) is 24.6. The van der Waals surface area contributed by atoms with Crippen LogP contribution >= 0.6 is 11.6 Å². The third-order valence-electron chi connectivity index (χ3n) is 6.98. The van der Waals surface area contributed by atoms with E-state index >= 15 is 0 Å². The van der Waals surface area contributed by atoms with E-state index in [1.165, 1.54) is 18.2 Å². The topological polar surface area (TPSA) is 80.6 Å². The smallest absolute Gasteiger partial charge is 0.418 e. The maximum absolute atomic E-state index is 13.8. The van der Waals surface area contributed by atoms with Crippen LogP contribution in [-0.4, -0.2) is 28.2 Å². The summed E-state index contributed by atoms with van der Waals surface area (Å²) in [5, 5.41) is 11.2. The van der Waals surface area contributed by atoms with Gasteiger partial charge in [-0.15, -0.1) is 0 Å². The van der Waals surface area contributed by atoms with Crippen molar-refractivity contribution >= 4 is 29.2 Å². The Morgan fingerprint density at radius 1 is 1.18 bits per heavy atom. The Morgan fingerprint density at radius 3 is 2.52 bits per heavy atom. The van der Waals surface area contributed by atoms with Gasteiger partial charge in [-0.05, 0) is 55.5 Å². The summed E-state index contributed by atoms with van der Waals surface area (Å²) in [6.45, 7) is 3.67. The molecule has 6 nitrogen and oxygen atoms in total. The number of benzene rings is 2. The van der Waals surface area contributed by atoms with Crippen LogP contribution in [0.5, 0.6) is 5.75 Å². The minimum atomic E-state index is -4.75. The number of rotatable bonds is 10. The van der Waals surface area contributed by atoms with E-state index in [1.54, 1.807) is 10.6 Å². The molecular formula is C28H26ClF5N2O4. The van der Waals surface area contributed by atoms with E-state index in [0.29, 0.717) is 30.2 Å². The van der Waals surface area contributed by atoms with Gasteiger partial charge in [-0.3, -0.25) is 9.59 Å². The molecule has 0 aliphatic heterocycles. The van der Waals surface area contributed by atoms with E-state index < -0.39 is 52.8 Å². The Labute approximate surface area is 231 Å². The second-order valence-corrected chi connectivity index (χ2v) is 10.1. The Bertz CT molecular complexity index is 1440. The van der Waals surface area contributed by atoms with Crippen molar-refractivity contribution in [3.8, 4) is 5.75 Å². The molecule has 1 fully saturated rings. The standard InChI is InChI=1S/C28H26ClF5N2O4/c1-3-14(2)36-17(8-9-40-24-12-16(30)11-21(31)25(24)29)5-7-23(36)26(37)35-22-10-15(18-13-19(18)27(38)39)4-6-20(22)28(32,33)34/h4-7,10-12,14,18-19H,3,8-9,13H2,1-2H3,(H,35,37)(H,38,39)/t14?,18-,19-/m1/s1. The number of carbonyl (C=O) groups excluding carboxylic acids is 1. The number of nitrogens with zero attached hydrogens (tertiary/aromatic N) is 1. The fraction of sp³-hybridized carbons (Fsp3) is 0.357. The number of carboxylic acids is 1. The van der Waals surface area contributed by atoms with Crippen molar-refractivity contribution < 1.29 is 41.4 Å². The van der Waals surface area contributed by atoms with Gasteiger partial charge in [0.25, 0.3) is 5.91 Å². The zero-order valence-corrected chi connectivity index (χ0v) is 22.2. The normalized spacial score (nSPS) is 17.4. The highest BCUT2D eigenvalue weighted by molar-refractivity contribution is 6.32. The highest BCUT2D eigenvalue weighted by atomic mass is 35.5. The molecule has 3 aromatic rings. The number of aromatic nitrogens is 1. The van der Waals surface area contributed by atoms with E-state index in [1.807, 2.05) is 13.8 Å².